The summed E-state index contributed by atoms with van der Waals surface area (Å²) in [5.74, 6) is 0.532. The second-order valence-electron chi connectivity index (χ2n) is 3.28. The molecule has 0 aliphatic heterocycles. The molecule has 0 aliphatic carbocycles. The van der Waals surface area contributed by atoms with Crippen molar-refractivity contribution in [3.05, 3.63) is 18.2 Å². The fraction of sp³-hybridized carbons (Fsp3) is 0.400. The molecule has 1 unspecified atom stereocenters. The molecule has 0 spiro atoms. The molecule has 0 aliphatic rings. The van der Waals surface area contributed by atoms with Gasteiger partial charge in [-0.1, -0.05) is 0 Å². The molecule has 0 saturated heterocycles. The third-order valence-electron chi connectivity index (χ3n) is 2.26. The predicted molar refractivity (Wildman–Crippen MR) is 61.8 cm³/mol. The Labute approximate surface area is 99.9 Å². The van der Waals surface area contributed by atoms with Gasteiger partial charge in [0.25, 0.3) is 0 Å². The molecule has 3 N–H and O–H groups in total. The largest absolute Gasteiger partial charge is 0.497 e. The number of aliphatic hydroxyl groups is 1. The van der Waals surface area contributed by atoms with Crippen LogP contribution in [0.15, 0.2) is 23.1 Å². The van der Waals surface area contributed by atoms with Crippen molar-refractivity contribution < 1.29 is 23.0 Å². The van der Waals surface area contributed by atoms with Crippen molar-refractivity contribution in [3.8, 4) is 11.5 Å². The molecule has 0 aromatic heterocycles. The van der Waals surface area contributed by atoms with E-state index in [1.807, 2.05) is 0 Å². The van der Waals surface area contributed by atoms with E-state index in [4.69, 9.17) is 20.3 Å². The third-order valence-corrected chi connectivity index (χ3v) is 4.13. The molecule has 0 amide bonds. The molecule has 0 saturated carbocycles. The van der Waals surface area contributed by atoms with Crippen LogP contribution < -0.4 is 15.2 Å². The molecule has 0 fully saturated rings. The van der Waals surface area contributed by atoms with Crippen molar-refractivity contribution in [2.75, 3.05) is 20.8 Å². The number of ether oxygens (including phenoxy) is 2. The molecule has 1 atom stereocenters. The van der Waals surface area contributed by atoms with Gasteiger partial charge >= 0.3 is 0 Å². The van der Waals surface area contributed by atoms with Crippen LogP contribution >= 0.6 is 0 Å². The summed E-state index contributed by atoms with van der Waals surface area (Å²) in [5.41, 5.74) is 5.36. The average Bonchev–Trinajstić information content (AvgIpc) is 2.36. The van der Waals surface area contributed by atoms with Gasteiger partial charge in [-0.3, -0.25) is 0 Å². The van der Waals surface area contributed by atoms with E-state index in [-0.39, 0.29) is 10.6 Å². The molecule has 1 rings (SSSR count). The minimum absolute atomic E-state index is 0.0964. The maximum atomic E-state index is 12.0. The van der Waals surface area contributed by atoms with E-state index in [0.717, 1.165) is 0 Å². The molecule has 0 radical (unpaired) electrons. The van der Waals surface area contributed by atoms with Crippen molar-refractivity contribution >= 4 is 9.84 Å². The van der Waals surface area contributed by atoms with E-state index < -0.39 is 21.8 Å². The van der Waals surface area contributed by atoms with Crippen LogP contribution in [0.5, 0.6) is 11.5 Å². The smallest absolute Gasteiger partial charge is 0.200 e. The van der Waals surface area contributed by atoms with Gasteiger partial charge in [-0.15, -0.1) is 0 Å². The summed E-state index contributed by atoms with van der Waals surface area (Å²) in [5, 5.41) is 7.46. The molecule has 7 heteroatoms. The third kappa shape index (κ3) is 2.68. The van der Waals surface area contributed by atoms with Gasteiger partial charge in [0.2, 0.25) is 0 Å². The highest BCUT2D eigenvalue weighted by atomic mass is 32.2. The van der Waals surface area contributed by atoms with Gasteiger partial charge < -0.3 is 20.3 Å². The van der Waals surface area contributed by atoms with Gasteiger partial charge in [0.15, 0.2) is 9.84 Å². The van der Waals surface area contributed by atoms with Gasteiger partial charge in [0.05, 0.1) is 20.8 Å². The van der Waals surface area contributed by atoms with Crippen LogP contribution in [0.2, 0.25) is 0 Å². The molecule has 0 bridgehead atoms. The highest BCUT2D eigenvalue weighted by Gasteiger charge is 2.27. The number of rotatable bonds is 5. The van der Waals surface area contributed by atoms with Crippen LogP contribution in [0, 0.1) is 0 Å². The van der Waals surface area contributed by atoms with E-state index in [1.165, 1.54) is 26.4 Å². The first-order valence-electron chi connectivity index (χ1n) is 4.79. The summed E-state index contributed by atoms with van der Waals surface area (Å²) in [6.07, 6.45) is 0. The average molecular weight is 261 g/mol. The van der Waals surface area contributed by atoms with Crippen molar-refractivity contribution in [3.63, 3.8) is 0 Å². The Morgan fingerprint density at radius 3 is 2.47 bits per heavy atom. The normalized spacial score (nSPS) is 13.2. The zero-order valence-electron chi connectivity index (χ0n) is 9.58. The standard InChI is InChI=1S/C10H15NO5S/c1-15-7-3-4-8(16-2)9(5-7)17(13,14)10(11)6-12/h3-5,10,12H,6,11H2,1-2H3. The highest BCUT2D eigenvalue weighted by Crippen LogP contribution is 2.29. The number of benzene rings is 1. The van der Waals surface area contributed by atoms with Crippen molar-refractivity contribution in [2.24, 2.45) is 5.73 Å². The van der Waals surface area contributed by atoms with E-state index in [1.54, 1.807) is 6.07 Å². The quantitative estimate of drug-likeness (QED) is 0.758. The second-order valence-corrected chi connectivity index (χ2v) is 5.42. The van der Waals surface area contributed by atoms with Gasteiger partial charge in [0, 0.05) is 6.07 Å². The van der Waals surface area contributed by atoms with Gasteiger partial charge in [-0.05, 0) is 12.1 Å². The Morgan fingerprint density at radius 1 is 1.35 bits per heavy atom. The molecular formula is C10H15NO5S. The molecular weight excluding hydrogens is 246 g/mol. The Balaban J connectivity index is 3.37. The summed E-state index contributed by atoms with van der Waals surface area (Å²) in [7, 11) is -1.07. The topological polar surface area (TPSA) is 98.9 Å². The van der Waals surface area contributed by atoms with Crippen molar-refractivity contribution in [1.29, 1.82) is 0 Å². The van der Waals surface area contributed by atoms with Crippen LogP contribution in [0.25, 0.3) is 0 Å². The Kier molecular flexibility index (Phi) is 4.33. The number of nitrogens with two attached hydrogens (primary N) is 1. The maximum absolute atomic E-state index is 12.0. The van der Waals surface area contributed by atoms with E-state index >= 15 is 0 Å². The Morgan fingerprint density at radius 2 is 2.00 bits per heavy atom. The highest BCUT2D eigenvalue weighted by molar-refractivity contribution is 7.92. The summed E-state index contributed by atoms with van der Waals surface area (Å²) in [4.78, 5) is -0.0964. The fourth-order valence-corrected chi connectivity index (χ4v) is 2.50. The van der Waals surface area contributed by atoms with Crippen LogP contribution in [0.1, 0.15) is 0 Å². The molecule has 0 heterocycles. The Bertz CT molecular complexity index is 485. The van der Waals surface area contributed by atoms with E-state index in [9.17, 15) is 8.42 Å². The molecule has 1 aromatic carbocycles. The fourth-order valence-electron chi connectivity index (χ4n) is 1.27. The second kappa shape index (κ2) is 5.35. The minimum Gasteiger partial charge on any atom is -0.497 e. The first-order valence-corrected chi connectivity index (χ1v) is 6.34. The molecule has 6 nitrogen and oxygen atoms in total. The lowest BCUT2D eigenvalue weighted by Gasteiger charge is -2.14. The van der Waals surface area contributed by atoms with Crippen molar-refractivity contribution in [2.45, 2.75) is 10.3 Å². The monoisotopic (exact) mass is 261 g/mol. The Hall–Kier alpha value is -1.31. The number of hydrogen-bond acceptors (Lipinski definition) is 6. The summed E-state index contributed by atoms with van der Waals surface area (Å²) in [6.45, 7) is -0.664. The lowest BCUT2D eigenvalue weighted by atomic mass is 10.3. The van der Waals surface area contributed by atoms with E-state index in [2.05, 4.69) is 0 Å². The SMILES string of the molecule is COc1ccc(OC)c(S(=O)(=O)C(N)CO)c1. The summed E-state index contributed by atoms with van der Waals surface area (Å²) >= 11 is 0. The van der Waals surface area contributed by atoms with Crippen LogP contribution in [0.4, 0.5) is 0 Å². The molecule has 1 aromatic rings. The van der Waals surface area contributed by atoms with Crippen molar-refractivity contribution in [1.82, 2.24) is 0 Å². The molecule has 17 heavy (non-hydrogen) atoms. The zero-order chi connectivity index (χ0) is 13.1. The summed E-state index contributed by atoms with van der Waals surface area (Å²) < 4.78 is 33.9. The van der Waals surface area contributed by atoms with Gasteiger partial charge in [-0.2, -0.15) is 0 Å². The lowest BCUT2D eigenvalue weighted by Crippen LogP contribution is -2.34. The van der Waals surface area contributed by atoms with Crippen LogP contribution in [-0.2, 0) is 9.84 Å². The number of methoxy groups -OCH3 is 2. The van der Waals surface area contributed by atoms with Crippen LogP contribution in [-0.4, -0.2) is 39.7 Å². The zero-order valence-corrected chi connectivity index (χ0v) is 10.4. The first kappa shape index (κ1) is 13.8. The molecule has 96 valence electrons. The minimum atomic E-state index is -3.84. The number of sulfone groups is 1. The first-order chi connectivity index (χ1) is 7.97. The van der Waals surface area contributed by atoms with E-state index in [0.29, 0.717) is 5.75 Å². The predicted octanol–water partition coefficient (Wildman–Crippen LogP) is -0.245. The van der Waals surface area contributed by atoms with Crippen LogP contribution in [0.3, 0.4) is 0 Å². The van der Waals surface area contributed by atoms with Gasteiger partial charge in [0.1, 0.15) is 21.8 Å². The lowest BCUT2D eigenvalue weighted by molar-refractivity contribution is 0.291. The maximum Gasteiger partial charge on any atom is 0.200 e. The van der Waals surface area contributed by atoms with Gasteiger partial charge in [-0.25, -0.2) is 8.42 Å². The number of hydrogen-bond donors (Lipinski definition) is 2. The number of aliphatic hydroxyl groups excluding tert-OH is 1. The summed E-state index contributed by atoms with van der Waals surface area (Å²) in [6, 6.07) is 4.35.